The highest BCUT2D eigenvalue weighted by atomic mass is 32.2. The van der Waals surface area contributed by atoms with Crippen molar-refractivity contribution in [2.45, 2.75) is 85.8 Å². The number of benzene rings is 2. The molecule has 6 saturated carbocycles. The molecule has 10 unspecified atom stereocenters. The molecule has 8 rings (SSSR count). The first-order chi connectivity index (χ1) is 16.3. The normalized spacial score (nSPS) is 44.5. The largest absolute Gasteiger partial charge is 0.158 e. The zero-order chi connectivity index (χ0) is 21.5. The fourth-order valence-corrected chi connectivity index (χ4v) is 11.5. The molecule has 172 valence electrons. The van der Waals surface area contributed by atoms with Crippen LogP contribution in [0.5, 0.6) is 0 Å². The fourth-order valence-electron chi connectivity index (χ4n) is 10.6. The summed E-state index contributed by atoms with van der Waals surface area (Å²) < 4.78 is 0. The number of hydrogen-bond donors (Lipinski definition) is 0. The van der Waals surface area contributed by atoms with Gasteiger partial charge >= 0.3 is 0 Å². The molecular weight excluding hydrogens is 416 g/mol. The highest BCUT2D eigenvalue weighted by Gasteiger charge is 2.55. The fraction of sp³-hybridized carbons (Fsp3) is 0.625. The minimum atomic E-state index is 0.862. The second kappa shape index (κ2) is 7.64. The lowest BCUT2D eigenvalue weighted by molar-refractivity contribution is 0.232. The van der Waals surface area contributed by atoms with Gasteiger partial charge in [0.2, 0.25) is 0 Å². The molecule has 6 fully saturated rings. The highest BCUT2D eigenvalue weighted by molar-refractivity contribution is 7.78. The molecule has 0 amide bonds. The van der Waals surface area contributed by atoms with Crippen molar-refractivity contribution < 1.29 is 0 Å². The maximum absolute atomic E-state index is 2.49. The van der Waals surface area contributed by atoms with Crippen molar-refractivity contribution in [1.29, 1.82) is 0 Å². The monoisotopic (exact) mass is 455 g/mol. The van der Waals surface area contributed by atoms with Crippen molar-refractivity contribution in [2.24, 2.45) is 47.3 Å². The summed E-state index contributed by atoms with van der Waals surface area (Å²) in [6.45, 7) is 0. The van der Waals surface area contributed by atoms with Crippen LogP contribution in [0.1, 0.15) is 87.2 Å². The number of fused-ring (bicyclic) bond motifs is 10. The van der Waals surface area contributed by atoms with Gasteiger partial charge in [-0.2, -0.15) is 0 Å². The maximum atomic E-state index is 2.49. The van der Waals surface area contributed by atoms with Gasteiger partial charge in [-0.05, 0) is 146 Å². The van der Waals surface area contributed by atoms with Gasteiger partial charge in [-0.25, -0.2) is 0 Å². The zero-order valence-corrected chi connectivity index (χ0v) is 20.8. The van der Waals surface area contributed by atoms with Crippen LogP contribution in [0, 0.1) is 47.3 Å². The first-order valence-corrected chi connectivity index (χ1v) is 15.1. The van der Waals surface area contributed by atoms with Crippen LogP contribution in [0.2, 0.25) is 0 Å². The molecular formula is C32H39S+. The van der Waals surface area contributed by atoms with Gasteiger partial charge in [-0.1, -0.05) is 37.1 Å². The molecule has 0 aromatic heterocycles. The third kappa shape index (κ3) is 3.10. The van der Waals surface area contributed by atoms with Gasteiger partial charge in [0.15, 0.2) is 9.79 Å². The molecule has 2 aromatic carbocycles. The van der Waals surface area contributed by atoms with Crippen molar-refractivity contribution in [3.8, 4) is 0 Å². The Balaban J connectivity index is 0.940. The lowest BCUT2D eigenvalue weighted by Gasteiger charge is -2.32. The summed E-state index contributed by atoms with van der Waals surface area (Å²) in [5.41, 5.74) is 3.28. The zero-order valence-electron chi connectivity index (χ0n) is 19.9. The average molecular weight is 456 g/mol. The molecule has 0 spiro atoms. The van der Waals surface area contributed by atoms with Crippen molar-refractivity contribution in [3.63, 3.8) is 0 Å². The Kier molecular flexibility index (Phi) is 4.64. The van der Waals surface area contributed by atoms with Crippen LogP contribution in [0.25, 0.3) is 0 Å². The van der Waals surface area contributed by atoms with E-state index >= 15 is 0 Å². The first-order valence-electron chi connectivity index (χ1n) is 14.2. The van der Waals surface area contributed by atoms with Crippen LogP contribution >= 0.6 is 0 Å². The summed E-state index contributed by atoms with van der Waals surface area (Å²) >= 11 is 1.38. The summed E-state index contributed by atoms with van der Waals surface area (Å²) in [5.74, 6) is 10.2. The number of thiol groups is 1. The molecule has 0 saturated heterocycles. The van der Waals surface area contributed by atoms with Crippen molar-refractivity contribution in [1.82, 2.24) is 0 Å². The van der Waals surface area contributed by atoms with Gasteiger partial charge in [0, 0.05) is 11.8 Å². The van der Waals surface area contributed by atoms with Gasteiger partial charge in [0.05, 0.1) is 0 Å². The van der Waals surface area contributed by atoms with Gasteiger partial charge in [-0.3, -0.25) is 0 Å². The van der Waals surface area contributed by atoms with Crippen LogP contribution in [0.15, 0.2) is 58.3 Å². The Labute approximate surface area is 204 Å². The van der Waals surface area contributed by atoms with E-state index < -0.39 is 0 Å². The Morgan fingerprint density at radius 3 is 1.33 bits per heavy atom. The van der Waals surface area contributed by atoms with Gasteiger partial charge < -0.3 is 0 Å². The molecule has 0 N–H and O–H groups in total. The molecule has 0 radical (unpaired) electrons. The minimum absolute atomic E-state index is 0.862. The minimum Gasteiger partial charge on any atom is -0.0538 e. The topological polar surface area (TPSA) is 0 Å². The second-order valence-corrected chi connectivity index (χ2v) is 14.1. The third-order valence-corrected chi connectivity index (χ3v) is 12.9. The molecule has 4 bridgehead atoms. The molecule has 0 aliphatic heterocycles. The maximum Gasteiger partial charge on any atom is 0.158 e. The smallest absolute Gasteiger partial charge is 0.0538 e. The Morgan fingerprint density at radius 1 is 0.455 bits per heavy atom. The van der Waals surface area contributed by atoms with Crippen molar-refractivity contribution in [2.75, 3.05) is 0 Å². The van der Waals surface area contributed by atoms with Crippen molar-refractivity contribution >= 4 is 11.8 Å². The highest BCUT2D eigenvalue weighted by Crippen LogP contribution is 2.64. The van der Waals surface area contributed by atoms with Gasteiger partial charge in [0.25, 0.3) is 0 Å². The number of hydrogen-bond acceptors (Lipinski definition) is 0. The molecule has 10 atom stereocenters. The lowest BCUT2D eigenvalue weighted by Crippen LogP contribution is -2.23. The SMILES string of the molecule is c1cc(C2CC3CC2C2CCCC32)ccc1[SH+]c1ccc(C2CC3CC2C2CCCC32)cc1. The van der Waals surface area contributed by atoms with Crippen LogP contribution in [-0.2, 0) is 11.8 Å². The van der Waals surface area contributed by atoms with E-state index in [-0.39, 0.29) is 0 Å². The molecule has 0 nitrogen and oxygen atoms in total. The lowest BCUT2D eigenvalue weighted by atomic mass is 9.73. The van der Waals surface area contributed by atoms with Crippen LogP contribution < -0.4 is 0 Å². The quantitative estimate of drug-likeness (QED) is 0.324. The second-order valence-electron chi connectivity index (χ2n) is 12.8. The van der Waals surface area contributed by atoms with E-state index in [1.165, 1.54) is 85.8 Å². The third-order valence-electron chi connectivity index (χ3n) is 11.8. The van der Waals surface area contributed by atoms with E-state index in [2.05, 4.69) is 48.5 Å². The Hall–Kier alpha value is -1.21. The van der Waals surface area contributed by atoms with Gasteiger partial charge in [-0.15, -0.1) is 0 Å². The van der Waals surface area contributed by atoms with Crippen LogP contribution in [0.4, 0.5) is 0 Å². The molecule has 1 heteroatoms. The summed E-state index contributed by atoms with van der Waals surface area (Å²) in [6.07, 6.45) is 15.2. The molecule has 6 aliphatic carbocycles. The van der Waals surface area contributed by atoms with E-state index in [0.29, 0.717) is 0 Å². The van der Waals surface area contributed by atoms with E-state index in [1.54, 1.807) is 11.1 Å². The predicted molar refractivity (Wildman–Crippen MR) is 138 cm³/mol. The van der Waals surface area contributed by atoms with Gasteiger partial charge in [0.1, 0.15) is 0 Å². The molecule has 2 aromatic rings. The molecule has 33 heavy (non-hydrogen) atoms. The summed E-state index contributed by atoms with van der Waals surface area (Å²) in [5, 5.41) is 0. The summed E-state index contributed by atoms with van der Waals surface area (Å²) in [7, 11) is 0. The first kappa shape index (κ1) is 20.0. The Morgan fingerprint density at radius 2 is 0.879 bits per heavy atom. The van der Waals surface area contributed by atoms with E-state index in [1.807, 2.05) is 0 Å². The Bertz CT molecular complexity index is 938. The standard InChI is InChI=1S/C32H38S/c1-3-25-21-15-29(31(17-21)27(25)5-1)19-7-11-23(12-8-19)33-24-13-9-20(10-14-24)30-16-22-18-32(30)28-6-2-4-26(22)28/h7-14,21-22,25-32H,1-6,15-18H2/p+1. The van der Waals surface area contributed by atoms with Crippen LogP contribution in [-0.4, -0.2) is 0 Å². The predicted octanol–water partition coefficient (Wildman–Crippen LogP) is 8.00. The average Bonchev–Trinajstić information content (AvgIpc) is 3.65. The van der Waals surface area contributed by atoms with Crippen molar-refractivity contribution in [3.05, 3.63) is 59.7 Å². The van der Waals surface area contributed by atoms with E-state index in [0.717, 1.165) is 59.2 Å². The van der Waals surface area contributed by atoms with Crippen LogP contribution in [0.3, 0.4) is 0 Å². The summed E-state index contributed by atoms with van der Waals surface area (Å²) in [4.78, 5) is 2.92. The number of rotatable bonds is 4. The van der Waals surface area contributed by atoms with E-state index in [9.17, 15) is 0 Å². The summed E-state index contributed by atoms with van der Waals surface area (Å²) in [6, 6.07) is 19.7. The van der Waals surface area contributed by atoms with E-state index in [4.69, 9.17) is 0 Å². The molecule has 6 aliphatic rings. The molecule has 0 heterocycles.